The predicted octanol–water partition coefficient (Wildman–Crippen LogP) is 2.54. The molecule has 134 valence electrons. The molecule has 0 bridgehead atoms. The number of carbonyl (C=O) groups excluding carboxylic acids is 1. The van der Waals surface area contributed by atoms with Crippen LogP contribution in [0.15, 0.2) is 47.6 Å². The molecule has 0 aliphatic rings. The highest BCUT2D eigenvalue weighted by molar-refractivity contribution is 7.92. The van der Waals surface area contributed by atoms with Crippen LogP contribution in [0.2, 0.25) is 5.02 Å². The van der Waals surface area contributed by atoms with Gasteiger partial charge >= 0.3 is 0 Å². The molecule has 0 atom stereocenters. The van der Waals surface area contributed by atoms with Crippen LogP contribution in [0.1, 0.15) is 0 Å². The molecule has 1 aromatic heterocycles. The summed E-state index contributed by atoms with van der Waals surface area (Å²) in [6.07, 6.45) is 0. The second-order valence-corrected chi connectivity index (χ2v) is 7.60. The SMILES string of the molecule is O=C(CS(=O)(=O)c1nc2ccccc2[nH]1)Nc1ccc(Cl)c([N+](=O)[O-])c1. The first kappa shape index (κ1) is 17.8. The number of rotatable bonds is 5. The number of sulfone groups is 1. The third-order valence-corrected chi connectivity index (χ3v) is 5.15. The molecule has 0 radical (unpaired) electrons. The number of carbonyl (C=O) groups is 1. The van der Waals surface area contributed by atoms with Crippen molar-refractivity contribution in [1.82, 2.24) is 9.97 Å². The third-order valence-electron chi connectivity index (χ3n) is 3.41. The van der Waals surface area contributed by atoms with E-state index in [2.05, 4.69) is 15.3 Å². The van der Waals surface area contributed by atoms with Gasteiger partial charge in [-0.3, -0.25) is 14.9 Å². The van der Waals surface area contributed by atoms with Gasteiger partial charge in [0, 0.05) is 11.8 Å². The summed E-state index contributed by atoms with van der Waals surface area (Å²) in [4.78, 5) is 28.8. The Morgan fingerprint density at radius 3 is 2.69 bits per heavy atom. The van der Waals surface area contributed by atoms with Gasteiger partial charge in [-0.1, -0.05) is 23.7 Å². The van der Waals surface area contributed by atoms with Crippen LogP contribution in [0.3, 0.4) is 0 Å². The fourth-order valence-electron chi connectivity index (χ4n) is 2.25. The van der Waals surface area contributed by atoms with E-state index in [1.807, 2.05) is 0 Å². The number of amides is 1. The zero-order valence-corrected chi connectivity index (χ0v) is 14.5. The summed E-state index contributed by atoms with van der Waals surface area (Å²) in [6.45, 7) is 0. The van der Waals surface area contributed by atoms with Crippen LogP contribution in [-0.4, -0.2) is 35.0 Å². The molecule has 0 saturated heterocycles. The number of halogens is 1. The molecular weight excluding hydrogens is 384 g/mol. The zero-order chi connectivity index (χ0) is 18.9. The van der Waals surface area contributed by atoms with Crippen LogP contribution in [0.25, 0.3) is 11.0 Å². The van der Waals surface area contributed by atoms with Gasteiger partial charge in [0.15, 0.2) is 0 Å². The maximum Gasteiger partial charge on any atom is 0.289 e. The molecule has 9 nitrogen and oxygen atoms in total. The topological polar surface area (TPSA) is 135 Å². The summed E-state index contributed by atoms with van der Waals surface area (Å²) >= 11 is 5.69. The number of imidazole rings is 1. The van der Waals surface area contributed by atoms with Gasteiger partial charge in [-0.2, -0.15) is 0 Å². The van der Waals surface area contributed by atoms with Gasteiger partial charge in [0.2, 0.25) is 20.9 Å². The van der Waals surface area contributed by atoms with Gasteiger partial charge in [-0.05, 0) is 24.3 Å². The Labute approximate surface area is 152 Å². The number of hydrogen-bond acceptors (Lipinski definition) is 6. The summed E-state index contributed by atoms with van der Waals surface area (Å²) in [5, 5.41) is 12.7. The average molecular weight is 395 g/mol. The molecular formula is C15H11ClN4O5S. The molecule has 11 heteroatoms. The van der Waals surface area contributed by atoms with E-state index < -0.39 is 32.1 Å². The number of para-hydroxylation sites is 2. The molecule has 1 heterocycles. The number of nitro benzene ring substituents is 1. The summed E-state index contributed by atoms with van der Waals surface area (Å²) in [5.41, 5.74) is 0.648. The molecule has 0 spiro atoms. The quantitative estimate of drug-likeness (QED) is 0.504. The van der Waals surface area contributed by atoms with Crippen LogP contribution in [-0.2, 0) is 14.6 Å². The maximum absolute atomic E-state index is 12.3. The minimum absolute atomic E-state index is 0.0610. The largest absolute Gasteiger partial charge is 0.329 e. The average Bonchev–Trinajstić information content (AvgIpc) is 3.01. The van der Waals surface area contributed by atoms with E-state index in [-0.39, 0.29) is 15.9 Å². The number of benzene rings is 2. The number of nitrogens with zero attached hydrogens (tertiary/aromatic N) is 2. The maximum atomic E-state index is 12.3. The normalized spacial score (nSPS) is 11.4. The predicted molar refractivity (Wildman–Crippen MR) is 94.9 cm³/mol. The van der Waals surface area contributed by atoms with Crippen molar-refractivity contribution in [1.29, 1.82) is 0 Å². The summed E-state index contributed by atoms with van der Waals surface area (Å²) in [7, 11) is -4.01. The van der Waals surface area contributed by atoms with Crippen LogP contribution in [0.4, 0.5) is 11.4 Å². The molecule has 26 heavy (non-hydrogen) atoms. The Bertz CT molecular complexity index is 1090. The second kappa shape index (κ2) is 6.73. The fourth-order valence-corrected chi connectivity index (χ4v) is 3.49. The minimum Gasteiger partial charge on any atom is -0.329 e. The van der Waals surface area contributed by atoms with Crippen molar-refractivity contribution in [3.05, 3.63) is 57.6 Å². The van der Waals surface area contributed by atoms with Crippen molar-refractivity contribution in [3.8, 4) is 0 Å². The Morgan fingerprint density at radius 1 is 1.27 bits per heavy atom. The lowest BCUT2D eigenvalue weighted by Crippen LogP contribution is -2.23. The van der Waals surface area contributed by atoms with Gasteiger partial charge in [0.1, 0.15) is 10.8 Å². The van der Waals surface area contributed by atoms with Crippen LogP contribution < -0.4 is 5.32 Å². The van der Waals surface area contributed by atoms with Gasteiger partial charge < -0.3 is 10.3 Å². The molecule has 3 aromatic rings. The smallest absolute Gasteiger partial charge is 0.289 e. The van der Waals surface area contributed by atoms with Crippen molar-refractivity contribution < 1.29 is 18.1 Å². The van der Waals surface area contributed by atoms with Crippen molar-refractivity contribution in [2.45, 2.75) is 5.16 Å². The van der Waals surface area contributed by atoms with E-state index >= 15 is 0 Å². The van der Waals surface area contributed by atoms with E-state index in [4.69, 9.17) is 11.6 Å². The van der Waals surface area contributed by atoms with E-state index in [1.165, 1.54) is 12.1 Å². The fraction of sp³-hybridized carbons (Fsp3) is 0.0667. The third kappa shape index (κ3) is 3.65. The molecule has 0 saturated carbocycles. The highest BCUT2D eigenvalue weighted by Crippen LogP contribution is 2.27. The zero-order valence-electron chi connectivity index (χ0n) is 13.0. The van der Waals surface area contributed by atoms with Crippen molar-refractivity contribution in [2.24, 2.45) is 0 Å². The number of nitro groups is 1. The first-order chi connectivity index (χ1) is 12.3. The monoisotopic (exact) mass is 394 g/mol. The number of H-pyrrole nitrogens is 1. The van der Waals surface area contributed by atoms with E-state index in [1.54, 1.807) is 24.3 Å². The first-order valence-electron chi connectivity index (χ1n) is 7.17. The number of aromatic nitrogens is 2. The highest BCUT2D eigenvalue weighted by Gasteiger charge is 2.24. The van der Waals surface area contributed by atoms with Gasteiger partial charge in [0.25, 0.3) is 5.69 Å². The van der Waals surface area contributed by atoms with Crippen LogP contribution >= 0.6 is 11.6 Å². The summed E-state index contributed by atoms with van der Waals surface area (Å²) in [5.74, 6) is -1.73. The number of anilines is 1. The van der Waals surface area contributed by atoms with Crippen LogP contribution in [0.5, 0.6) is 0 Å². The molecule has 0 aliphatic heterocycles. The molecule has 1 amide bonds. The Hall–Kier alpha value is -2.98. The first-order valence-corrected chi connectivity index (χ1v) is 9.20. The Morgan fingerprint density at radius 2 is 2.00 bits per heavy atom. The Kier molecular flexibility index (Phi) is 4.62. The van der Waals surface area contributed by atoms with Crippen molar-refractivity contribution >= 4 is 49.8 Å². The molecule has 3 rings (SSSR count). The van der Waals surface area contributed by atoms with Crippen LogP contribution in [0, 0.1) is 10.1 Å². The standard InChI is InChI=1S/C15H11ClN4O5S/c16-10-6-5-9(7-13(10)20(22)23)17-14(21)8-26(24,25)15-18-11-3-1-2-4-12(11)19-15/h1-7H,8H2,(H,17,21)(H,18,19). The minimum atomic E-state index is -4.01. The number of fused-ring (bicyclic) bond motifs is 1. The van der Waals surface area contributed by atoms with Gasteiger partial charge in [-0.15, -0.1) is 0 Å². The summed E-state index contributed by atoms with van der Waals surface area (Å²) in [6, 6.07) is 10.3. The summed E-state index contributed by atoms with van der Waals surface area (Å²) < 4.78 is 24.7. The molecule has 2 aromatic carbocycles. The second-order valence-electron chi connectivity index (χ2n) is 5.29. The molecule has 0 unspecified atom stereocenters. The van der Waals surface area contributed by atoms with Gasteiger partial charge in [-0.25, -0.2) is 13.4 Å². The van der Waals surface area contributed by atoms with Crippen molar-refractivity contribution in [2.75, 3.05) is 11.1 Å². The number of hydrogen-bond donors (Lipinski definition) is 2. The highest BCUT2D eigenvalue weighted by atomic mass is 35.5. The lowest BCUT2D eigenvalue weighted by molar-refractivity contribution is -0.384. The van der Waals surface area contributed by atoms with E-state index in [0.29, 0.717) is 11.0 Å². The Balaban J connectivity index is 1.78. The van der Waals surface area contributed by atoms with E-state index in [0.717, 1.165) is 6.07 Å². The number of aromatic amines is 1. The molecule has 0 fully saturated rings. The molecule has 0 aliphatic carbocycles. The lowest BCUT2D eigenvalue weighted by Gasteiger charge is -2.05. The van der Waals surface area contributed by atoms with Crippen molar-refractivity contribution in [3.63, 3.8) is 0 Å². The van der Waals surface area contributed by atoms with Gasteiger partial charge in [0.05, 0.1) is 16.0 Å². The number of nitrogens with one attached hydrogen (secondary N) is 2. The van der Waals surface area contributed by atoms with E-state index in [9.17, 15) is 23.3 Å². The lowest BCUT2D eigenvalue weighted by atomic mass is 10.3. The molecule has 2 N–H and O–H groups in total.